The summed E-state index contributed by atoms with van der Waals surface area (Å²) in [6.07, 6.45) is 5.05. The lowest BCUT2D eigenvalue weighted by atomic mass is 10.2. The van der Waals surface area contributed by atoms with Gasteiger partial charge in [0.1, 0.15) is 16.6 Å². The Hall–Kier alpha value is -2.45. The highest BCUT2D eigenvalue weighted by Gasteiger charge is 2.11. The van der Waals surface area contributed by atoms with Crippen molar-refractivity contribution >= 4 is 29.1 Å². The Kier molecular flexibility index (Phi) is 3.84. The number of hydrogen-bond donors (Lipinski definition) is 2. The van der Waals surface area contributed by atoms with Crippen LogP contribution in [0.2, 0.25) is 0 Å². The highest BCUT2D eigenvalue weighted by Crippen LogP contribution is 2.11. The Balaban J connectivity index is 2.20. The van der Waals surface area contributed by atoms with Gasteiger partial charge < -0.3 is 10.6 Å². The highest BCUT2D eigenvalue weighted by atomic mass is 32.1. The molecule has 0 spiro atoms. The average Bonchev–Trinajstić information content (AvgIpc) is 2.42. The molecule has 0 bridgehead atoms. The lowest BCUT2D eigenvalue weighted by molar-refractivity contribution is 1.01. The lowest BCUT2D eigenvalue weighted by Gasteiger charge is -2.10. The topological polar surface area (TPSA) is 60.2 Å². The summed E-state index contributed by atoms with van der Waals surface area (Å²) in [4.78, 5) is 4.42. The van der Waals surface area contributed by atoms with E-state index in [1.54, 1.807) is 18.5 Å². The van der Waals surface area contributed by atoms with Crippen molar-refractivity contribution in [1.29, 1.82) is 5.26 Å². The second kappa shape index (κ2) is 5.75. The van der Waals surface area contributed by atoms with Crippen LogP contribution < -0.4 is 10.6 Å². The number of hydrogen-bond acceptors (Lipinski definition) is 4. The second-order valence-corrected chi connectivity index (χ2v) is 3.85. The summed E-state index contributed by atoms with van der Waals surface area (Å²) in [6.45, 7) is 0. The van der Waals surface area contributed by atoms with Gasteiger partial charge in [0.2, 0.25) is 0 Å². The van der Waals surface area contributed by atoms with E-state index in [0.29, 0.717) is 16.4 Å². The fourth-order valence-corrected chi connectivity index (χ4v) is 1.65. The van der Waals surface area contributed by atoms with E-state index in [-0.39, 0.29) is 0 Å². The average molecular weight is 254 g/mol. The van der Waals surface area contributed by atoms with E-state index in [2.05, 4.69) is 21.7 Å². The van der Waals surface area contributed by atoms with Crippen molar-refractivity contribution < 1.29 is 0 Å². The molecule has 1 aliphatic rings. The van der Waals surface area contributed by atoms with Crippen LogP contribution in [-0.2, 0) is 0 Å². The van der Waals surface area contributed by atoms with Gasteiger partial charge in [-0.1, -0.05) is 30.4 Å². The molecule has 4 nitrogen and oxygen atoms in total. The molecule has 0 amide bonds. The zero-order valence-electron chi connectivity index (χ0n) is 9.42. The van der Waals surface area contributed by atoms with Gasteiger partial charge >= 0.3 is 0 Å². The Morgan fingerprint density at radius 2 is 2.11 bits per heavy atom. The molecule has 0 unspecified atom stereocenters. The van der Waals surface area contributed by atoms with Gasteiger partial charge in [-0.2, -0.15) is 5.26 Å². The quantitative estimate of drug-likeness (QED) is 0.483. The Labute approximate surface area is 110 Å². The summed E-state index contributed by atoms with van der Waals surface area (Å²) in [5.41, 5.74) is 1.15. The molecule has 5 heteroatoms. The molecule has 1 aliphatic heterocycles. The Morgan fingerprint density at radius 3 is 2.72 bits per heavy atom. The predicted octanol–water partition coefficient (Wildman–Crippen LogP) is 2.35. The van der Waals surface area contributed by atoms with Gasteiger partial charge in [-0.3, -0.25) is 0 Å². The van der Waals surface area contributed by atoms with Crippen molar-refractivity contribution in [3.63, 3.8) is 0 Å². The van der Waals surface area contributed by atoms with E-state index < -0.39 is 0 Å². The second-order valence-electron chi connectivity index (χ2n) is 3.44. The van der Waals surface area contributed by atoms with Crippen LogP contribution in [0, 0.1) is 11.3 Å². The molecule has 1 aromatic carbocycles. The standard InChI is InChI=1S/C13H10N4S/c14-9-11(12-15-7-4-8-16-12)13(18)17-10-5-2-1-3-6-10/h1-8,15H,(H,17,18). The molecule has 2 rings (SSSR count). The number of nitrogens with zero attached hydrogens (tertiary/aromatic N) is 2. The number of benzene rings is 1. The number of para-hydroxylation sites is 1. The zero-order chi connectivity index (χ0) is 12.8. The maximum atomic E-state index is 9.15. The molecule has 0 saturated carbocycles. The van der Waals surface area contributed by atoms with Crippen LogP contribution in [0.1, 0.15) is 0 Å². The van der Waals surface area contributed by atoms with Crippen LogP contribution >= 0.6 is 12.2 Å². The van der Waals surface area contributed by atoms with Gasteiger partial charge in [-0.15, -0.1) is 0 Å². The van der Waals surface area contributed by atoms with Crippen molar-refractivity contribution in [2.45, 2.75) is 0 Å². The monoisotopic (exact) mass is 254 g/mol. The summed E-state index contributed by atoms with van der Waals surface area (Å²) < 4.78 is 0. The molecule has 0 aliphatic carbocycles. The first-order valence-electron chi connectivity index (χ1n) is 5.28. The van der Waals surface area contributed by atoms with E-state index in [1.807, 2.05) is 30.3 Å². The maximum absolute atomic E-state index is 9.15. The predicted molar refractivity (Wildman–Crippen MR) is 76.1 cm³/mol. The van der Waals surface area contributed by atoms with E-state index in [1.165, 1.54) is 0 Å². The zero-order valence-corrected chi connectivity index (χ0v) is 10.2. The minimum absolute atomic E-state index is 0.314. The van der Waals surface area contributed by atoms with Crippen molar-refractivity contribution in [2.24, 2.45) is 4.99 Å². The maximum Gasteiger partial charge on any atom is 0.150 e. The first-order chi connectivity index (χ1) is 8.81. The number of nitrogens with one attached hydrogen (secondary N) is 2. The van der Waals surface area contributed by atoms with Crippen molar-refractivity contribution in [3.8, 4) is 6.07 Å². The van der Waals surface area contributed by atoms with Crippen LogP contribution in [0.3, 0.4) is 0 Å². The minimum atomic E-state index is 0.314. The van der Waals surface area contributed by atoms with Crippen LogP contribution in [-0.4, -0.2) is 11.2 Å². The smallest absolute Gasteiger partial charge is 0.150 e. The fraction of sp³-hybridized carbons (Fsp3) is 0. The normalized spacial score (nSPS) is 15.5. The van der Waals surface area contributed by atoms with Crippen molar-refractivity contribution in [1.82, 2.24) is 5.32 Å². The third kappa shape index (κ3) is 2.81. The molecule has 0 aromatic heterocycles. The largest absolute Gasteiger partial charge is 0.345 e. The van der Waals surface area contributed by atoms with Crippen LogP contribution in [0.5, 0.6) is 0 Å². The van der Waals surface area contributed by atoms with Gasteiger partial charge in [0, 0.05) is 18.1 Å². The third-order valence-electron chi connectivity index (χ3n) is 2.21. The van der Waals surface area contributed by atoms with Gasteiger partial charge in [-0.25, -0.2) is 4.99 Å². The molecule has 0 atom stereocenters. The third-order valence-corrected chi connectivity index (χ3v) is 2.52. The first kappa shape index (κ1) is 12.0. The number of allylic oxidation sites excluding steroid dienone is 1. The summed E-state index contributed by atoms with van der Waals surface area (Å²) in [6, 6.07) is 11.5. The molecular weight excluding hydrogens is 244 g/mol. The summed E-state index contributed by atoms with van der Waals surface area (Å²) in [5.74, 6) is 0.452. The van der Waals surface area contributed by atoms with Gasteiger partial charge in [0.05, 0.1) is 0 Å². The molecule has 0 radical (unpaired) electrons. The van der Waals surface area contributed by atoms with Crippen LogP contribution in [0.15, 0.2) is 59.0 Å². The molecule has 88 valence electrons. The molecule has 1 aromatic rings. The number of nitriles is 1. The SMILES string of the molecule is N#CC(C(=S)Nc1ccccc1)=C1N=CC=CN1. The molecular formula is C13H10N4S. The molecule has 18 heavy (non-hydrogen) atoms. The minimum Gasteiger partial charge on any atom is -0.345 e. The fourth-order valence-electron chi connectivity index (χ4n) is 1.39. The Bertz CT molecular complexity index is 579. The van der Waals surface area contributed by atoms with Crippen molar-refractivity contribution in [3.05, 3.63) is 54.0 Å². The molecule has 0 saturated heterocycles. The first-order valence-corrected chi connectivity index (χ1v) is 5.68. The Morgan fingerprint density at radius 1 is 1.33 bits per heavy atom. The van der Waals surface area contributed by atoms with E-state index in [9.17, 15) is 0 Å². The molecule has 1 heterocycles. The highest BCUT2D eigenvalue weighted by molar-refractivity contribution is 7.81. The number of thiocarbonyl (C=S) groups is 1. The van der Waals surface area contributed by atoms with Crippen LogP contribution in [0.25, 0.3) is 0 Å². The summed E-state index contributed by atoms with van der Waals surface area (Å²) in [7, 11) is 0. The van der Waals surface area contributed by atoms with Crippen molar-refractivity contribution in [2.75, 3.05) is 5.32 Å². The lowest BCUT2D eigenvalue weighted by Crippen LogP contribution is -2.18. The molecule has 2 N–H and O–H groups in total. The van der Waals surface area contributed by atoms with E-state index >= 15 is 0 Å². The number of anilines is 1. The van der Waals surface area contributed by atoms with Crippen LogP contribution in [0.4, 0.5) is 5.69 Å². The van der Waals surface area contributed by atoms with E-state index in [4.69, 9.17) is 17.5 Å². The summed E-state index contributed by atoms with van der Waals surface area (Å²) >= 11 is 5.21. The number of aliphatic imine (C=N–C) groups is 1. The van der Waals surface area contributed by atoms with Gasteiger partial charge in [-0.05, 0) is 18.2 Å². The van der Waals surface area contributed by atoms with Gasteiger partial charge in [0.25, 0.3) is 0 Å². The van der Waals surface area contributed by atoms with Gasteiger partial charge in [0.15, 0.2) is 5.82 Å². The molecule has 0 fully saturated rings. The van der Waals surface area contributed by atoms with E-state index in [0.717, 1.165) is 5.69 Å². The summed E-state index contributed by atoms with van der Waals surface area (Å²) in [5, 5.41) is 15.0. The number of rotatable bonds is 2.